The fourth-order valence-electron chi connectivity index (χ4n) is 3.56. The van der Waals surface area contributed by atoms with Crippen LogP contribution in [0.25, 0.3) is 0 Å². The van der Waals surface area contributed by atoms with Gasteiger partial charge in [0, 0.05) is 10.8 Å². The van der Waals surface area contributed by atoms with Gasteiger partial charge >= 0.3 is 5.97 Å². The first-order valence-corrected chi connectivity index (χ1v) is 13.9. The Balaban J connectivity index is 2.34. The number of carbonyl (C=O) groups excluding carboxylic acids is 2. The number of rotatable bonds is 8. The smallest absolute Gasteiger partial charge is 0.315 e. The summed E-state index contributed by atoms with van der Waals surface area (Å²) in [6.45, 7) is 5.69. The maximum absolute atomic E-state index is 13.3. The van der Waals surface area contributed by atoms with Gasteiger partial charge in [0.1, 0.15) is 15.9 Å². The molecule has 0 unspecified atom stereocenters. The summed E-state index contributed by atoms with van der Waals surface area (Å²) in [4.78, 5) is 25.2. The Labute approximate surface area is 207 Å². The van der Waals surface area contributed by atoms with Crippen LogP contribution in [-0.2, 0) is 14.3 Å². The Morgan fingerprint density at radius 3 is 1.59 bits per heavy atom. The molecular formula is C28H31NO3PS+. The van der Waals surface area contributed by atoms with Crippen molar-refractivity contribution >= 4 is 46.8 Å². The van der Waals surface area contributed by atoms with Crippen LogP contribution in [0.2, 0.25) is 0 Å². The highest BCUT2D eigenvalue weighted by atomic mass is 32.2. The van der Waals surface area contributed by atoms with Crippen molar-refractivity contribution in [1.29, 1.82) is 0 Å². The van der Waals surface area contributed by atoms with E-state index in [0.29, 0.717) is 0 Å². The highest BCUT2D eigenvalue weighted by Gasteiger charge is 2.51. The van der Waals surface area contributed by atoms with E-state index in [1.165, 1.54) is 18.9 Å². The average Bonchev–Trinajstić information content (AvgIpc) is 2.85. The number of methoxy groups -OCH3 is 1. The molecule has 6 heteroatoms. The molecule has 1 amide bonds. The molecule has 0 heterocycles. The van der Waals surface area contributed by atoms with Crippen molar-refractivity contribution in [3.63, 3.8) is 0 Å². The second kappa shape index (κ2) is 11.5. The zero-order valence-corrected chi connectivity index (χ0v) is 21.7. The zero-order chi connectivity index (χ0) is 24.6. The van der Waals surface area contributed by atoms with E-state index >= 15 is 0 Å². The first-order valence-electron chi connectivity index (χ1n) is 11.1. The minimum Gasteiger partial charge on any atom is -0.468 e. The summed E-state index contributed by atoms with van der Waals surface area (Å²) in [5.41, 5.74) is 0.205. The molecule has 3 aromatic carbocycles. The summed E-state index contributed by atoms with van der Waals surface area (Å²) >= 11 is 1.33. The lowest BCUT2D eigenvalue weighted by atomic mass is 9.96. The molecule has 34 heavy (non-hydrogen) atoms. The number of ether oxygens (including phenoxy) is 1. The second-order valence-corrected chi connectivity index (χ2v) is 13.0. The molecule has 0 aliphatic heterocycles. The van der Waals surface area contributed by atoms with Crippen LogP contribution in [0.15, 0.2) is 102 Å². The number of benzene rings is 3. The predicted molar refractivity (Wildman–Crippen MR) is 145 cm³/mol. The van der Waals surface area contributed by atoms with Gasteiger partial charge in [0.05, 0.1) is 12.9 Å². The molecule has 0 saturated carbocycles. The number of hydrogen-bond acceptors (Lipinski definition) is 4. The number of hydrogen-bond donors (Lipinski definition) is 1. The summed E-state index contributed by atoms with van der Waals surface area (Å²) in [7, 11) is -1.12. The summed E-state index contributed by atoms with van der Waals surface area (Å²) in [5, 5.41) is 8.57. The van der Waals surface area contributed by atoms with Gasteiger partial charge in [-0.3, -0.25) is 14.9 Å². The van der Waals surface area contributed by atoms with E-state index in [0.717, 1.165) is 21.4 Å². The van der Waals surface area contributed by atoms with Crippen molar-refractivity contribution in [1.82, 2.24) is 5.32 Å². The number of amides is 1. The highest BCUT2D eigenvalue weighted by Crippen LogP contribution is 2.61. The topological polar surface area (TPSA) is 55.4 Å². The molecule has 0 aliphatic carbocycles. The largest absolute Gasteiger partial charge is 0.468 e. The lowest BCUT2D eigenvalue weighted by Crippen LogP contribution is -2.41. The number of nitrogens with one attached hydrogen (secondary N) is 1. The quantitative estimate of drug-likeness (QED) is 0.361. The second-order valence-electron chi connectivity index (χ2n) is 8.77. The molecule has 0 spiro atoms. The van der Waals surface area contributed by atoms with Gasteiger partial charge in [0.2, 0.25) is 5.91 Å². The minimum absolute atomic E-state index is 0.0791. The molecule has 0 fully saturated rings. The van der Waals surface area contributed by atoms with E-state index in [1.807, 2.05) is 80.8 Å². The van der Waals surface area contributed by atoms with Crippen LogP contribution in [0.4, 0.5) is 0 Å². The minimum atomic E-state index is -2.50. The van der Waals surface area contributed by atoms with Crippen molar-refractivity contribution in [2.24, 2.45) is 5.41 Å². The first-order chi connectivity index (χ1) is 16.3. The molecule has 3 aromatic rings. The standard InChI is InChI=1S/C28H30NO3PS/c1-28(2,3)27(31)29-25(20-34-21-26(30)32-4)33(22-14-8-5-9-15-22,23-16-10-6-11-17-23)24-18-12-7-13-19-24/h5-20H,21H2,1-4H3/p+1/b25-20+. The molecule has 3 rings (SSSR count). The molecule has 0 radical (unpaired) electrons. The highest BCUT2D eigenvalue weighted by molar-refractivity contribution is 8.04. The monoisotopic (exact) mass is 492 g/mol. The Morgan fingerprint density at radius 1 is 0.824 bits per heavy atom. The van der Waals surface area contributed by atoms with Crippen LogP contribution in [-0.4, -0.2) is 24.7 Å². The van der Waals surface area contributed by atoms with E-state index in [-0.39, 0.29) is 17.6 Å². The first kappa shape index (κ1) is 25.7. The summed E-state index contributed by atoms with van der Waals surface area (Å²) < 4.78 is 4.84. The molecule has 0 aromatic heterocycles. The van der Waals surface area contributed by atoms with Crippen LogP contribution in [0, 0.1) is 5.41 Å². The molecule has 4 nitrogen and oxygen atoms in total. The molecule has 0 saturated heterocycles. The van der Waals surface area contributed by atoms with E-state index in [4.69, 9.17) is 4.74 Å². The Morgan fingerprint density at radius 2 is 1.24 bits per heavy atom. The number of thioether (sulfide) groups is 1. The van der Waals surface area contributed by atoms with E-state index in [9.17, 15) is 9.59 Å². The summed E-state index contributed by atoms with van der Waals surface area (Å²) in [5.74, 6) is -0.237. The molecule has 0 aliphatic rings. The van der Waals surface area contributed by atoms with Gasteiger partial charge in [-0.25, -0.2) is 0 Å². The van der Waals surface area contributed by atoms with Gasteiger partial charge < -0.3 is 4.74 Å². The summed E-state index contributed by atoms with van der Waals surface area (Å²) in [6, 6.07) is 30.9. The third kappa shape index (κ3) is 5.78. The molecule has 0 atom stereocenters. The van der Waals surface area contributed by atoms with Crippen molar-refractivity contribution in [2.75, 3.05) is 12.9 Å². The van der Waals surface area contributed by atoms with Crippen LogP contribution in [0.5, 0.6) is 0 Å². The number of carbonyl (C=O) groups is 2. The van der Waals surface area contributed by atoms with Gasteiger partial charge in [0.25, 0.3) is 0 Å². The predicted octanol–water partition coefficient (Wildman–Crippen LogP) is 4.85. The Hall–Kier alpha value is -2.88. The SMILES string of the molecule is COC(=O)CS/C=C(\NC(=O)C(C)(C)C)[P+](c1ccccc1)(c1ccccc1)c1ccccc1. The van der Waals surface area contributed by atoms with Gasteiger partial charge in [-0.2, -0.15) is 0 Å². The lowest BCUT2D eigenvalue weighted by molar-refractivity contribution is -0.137. The summed E-state index contributed by atoms with van der Waals surface area (Å²) in [6.07, 6.45) is 0. The van der Waals surface area contributed by atoms with E-state index < -0.39 is 12.7 Å². The molecule has 176 valence electrons. The fourth-order valence-corrected chi connectivity index (χ4v) is 8.83. The van der Waals surface area contributed by atoms with Crippen LogP contribution >= 0.6 is 19.0 Å². The van der Waals surface area contributed by atoms with Crippen LogP contribution < -0.4 is 21.2 Å². The third-order valence-electron chi connectivity index (χ3n) is 5.34. The third-order valence-corrected chi connectivity index (χ3v) is 10.5. The van der Waals surface area contributed by atoms with Crippen molar-refractivity contribution in [3.8, 4) is 0 Å². The van der Waals surface area contributed by atoms with Crippen molar-refractivity contribution < 1.29 is 14.3 Å². The molecular weight excluding hydrogens is 461 g/mol. The molecule has 1 N–H and O–H groups in total. The maximum atomic E-state index is 13.3. The van der Waals surface area contributed by atoms with Crippen molar-refractivity contribution in [3.05, 3.63) is 102 Å². The van der Waals surface area contributed by atoms with E-state index in [2.05, 4.69) is 41.7 Å². The normalized spacial score (nSPS) is 12.2. The van der Waals surface area contributed by atoms with Gasteiger partial charge in [-0.05, 0) is 36.4 Å². The van der Waals surface area contributed by atoms with Gasteiger partial charge in [0.15, 0.2) is 12.7 Å². The van der Waals surface area contributed by atoms with Crippen LogP contribution in [0.3, 0.4) is 0 Å². The Kier molecular flexibility index (Phi) is 8.71. The lowest BCUT2D eigenvalue weighted by Gasteiger charge is -2.30. The number of esters is 1. The van der Waals surface area contributed by atoms with E-state index in [1.54, 1.807) is 0 Å². The van der Waals surface area contributed by atoms with Crippen molar-refractivity contribution in [2.45, 2.75) is 20.8 Å². The zero-order valence-electron chi connectivity index (χ0n) is 20.0. The average molecular weight is 493 g/mol. The van der Waals surface area contributed by atoms with Gasteiger partial charge in [-0.15, -0.1) is 11.8 Å². The molecule has 0 bridgehead atoms. The van der Waals surface area contributed by atoms with Crippen LogP contribution in [0.1, 0.15) is 20.8 Å². The maximum Gasteiger partial charge on any atom is 0.315 e. The fraction of sp³-hybridized carbons (Fsp3) is 0.214. The Bertz CT molecular complexity index is 1030. The van der Waals surface area contributed by atoms with Gasteiger partial charge in [-0.1, -0.05) is 75.4 Å².